The molecule has 2 aromatic carbocycles. The van der Waals surface area contributed by atoms with Crippen molar-refractivity contribution in [2.75, 3.05) is 6.54 Å². The minimum atomic E-state index is 0.330. The van der Waals surface area contributed by atoms with Gasteiger partial charge in [-0.15, -0.1) is 0 Å². The van der Waals surface area contributed by atoms with Gasteiger partial charge in [0.1, 0.15) is 0 Å². The van der Waals surface area contributed by atoms with E-state index in [-0.39, 0.29) is 0 Å². The van der Waals surface area contributed by atoms with Gasteiger partial charge in [0.05, 0.1) is 0 Å². The first-order valence-electron chi connectivity index (χ1n) is 5.79. The Balaban J connectivity index is 2.19. The predicted molar refractivity (Wildman–Crippen MR) is 73.4 cm³/mol. The highest BCUT2D eigenvalue weighted by atomic mass is 35.5. The van der Waals surface area contributed by atoms with Crippen molar-refractivity contribution in [3.8, 4) is 0 Å². The number of benzene rings is 2. The molecule has 0 aromatic heterocycles. The van der Waals surface area contributed by atoms with E-state index in [2.05, 4.69) is 18.2 Å². The van der Waals surface area contributed by atoms with Crippen LogP contribution in [0, 0.1) is 0 Å². The highest BCUT2D eigenvalue weighted by Gasteiger charge is 2.11. The van der Waals surface area contributed by atoms with Crippen LogP contribution in [0.1, 0.15) is 17.0 Å². The summed E-state index contributed by atoms with van der Waals surface area (Å²) in [4.78, 5) is 0. The van der Waals surface area contributed by atoms with E-state index < -0.39 is 0 Å². The molecule has 0 radical (unpaired) electrons. The summed E-state index contributed by atoms with van der Waals surface area (Å²) in [6.07, 6.45) is 0.889. The highest BCUT2D eigenvalue weighted by Crippen LogP contribution is 2.24. The summed E-state index contributed by atoms with van der Waals surface area (Å²) in [6, 6.07) is 18.3. The third kappa shape index (κ3) is 3.09. The number of nitrogens with two attached hydrogens (primary N) is 1. The van der Waals surface area contributed by atoms with Crippen molar-refractivity contribution in [3.63, 3.8) is 0 Å². The summed E-state index contributed by atoms with van der Waals surface area (Å²) in [5.41, 5.74) is 8.29. The van der Waals surface area contributed by atoms with Crippen LogP contribution >= 0.6 is 11.6 Å². The molecule has 0 aliphatic carbocycles. The molecule has 0 amide bonds. The molecule has 2 aromatic rings. The molecule has 2 N–H and O–H groups in total. The van der Waals surface area contributed by atoms with Gasteiger partial charge in [0.25, 0.3) is 0 Å². The maximum Gasteiger partial charge on any atom is 0.0438 e. The third-order valence-electron chi connectivity index (χ3n) is 2.98. The maximum atomic E-state index is 6.17. The fraction of sp³-hybridized carbons (Fsp3) is 0.200. The Hall–Kier alpha value is -1.31. The summed E-state index contributed by atoms with van der Waals surface area (Å²) >= 11 is 6.17. The first-order valence-corrected chi connectivity index (χ1v) is 6.17. The molecule has 0 saturated carbocycles. The molecule has 2 heteroatoms. The van der Waals surface area contributed by atoms with Crippen molar-refractivity contribution in [1.29, 1.82) is 0 Å². The zero-order valence-corrected chi connectivity index (χ0v) is 10.4. The number of hydrogen-bond acceptors (Lipinski definition) is 1. The van der Waals surface area contributed by atoms with Crippen molar-refractivity contribution in [2.45, 2.75) is 12.3 Å². The van der Waals surface area contributed by atoms with E-state index in [4.69, 9.17) is 17.3 Å². The van der Waals surface area contributed by atoms with E-state index in [9.17, 15) is 0 Å². The van der Waals surface area contributed by atoms with Gasteiger partial charge in [-0.05, 0) is 30.2 Å². The second-order valence-corrected chi connectivity index (χ2v) is 4.55. The Bertz CT molecular complexity index is 467. The Morgan fingerprint density at radius 3 is 2.24 bits per heavy atom. The first kappa shape index (κ1) is 12.2. The quantitative estimate of drug-likeness (QED) is 0.875. The van der Waals surface area contributed by atoms with Gasteiger partial charge in [-0.1, -0.05) is 60.1 Å². The molecule has 0 aliphatic rings. The van der Waals surface area contributed by atoms with Crippen molar-refractivity contribution in [2.24, 2.45) is 5.73 Å². The van der Waals surface area contributed by atoms with E-state index in [1.807, 2.05) is 36.4 Å². The standard InChI is InChI=1S/C15H16ClN/c16-15-9-5-4-8-13(15)10-14(11-17)12-6-2-1-3-7-12/h1-9,14H,10-11,17H2. The van der Waals surface area contributed by atoms with Crippen LogP contribution in [0.3, 0.4) is 0 Å². The summed E-state index contributed by atoms with van der Waals surface area (Å²) in [6.45, 7) is 0.634. The Kier molecular flexibility index (Phi) is 4.18. The van der Waals surface area contributed by atoms with Crippen LogP contribution in [0.5, 0.6) is 0 Å². The molecule has 17 heavy (non-hydrogen) atoms. The van der Waals surface area contributed by atoms with Crippen LogP contribution < -0.4 is 5.73 Å². The van der Waals surface area contributed by atoms with Crippen LogP contribution in [0.4, 0.5) is 0 Å². The second kappa shape index (κ2) is 5.85. The van der Waals surface area contributed by atoms with Crippen LogP contribution in [0.25, 0.3) is 0 Å². The molecule has 0 aliphatic heterocycles. The van der Waals surface area contributed by atoms with Gasteiger partial charge in [-0.3, -0.25) is 0 Å². The molecule has 0 bridgehead atoms. The van der Waals surface area contributed by atoms with Gasteiger partial charge in [-0.25, -0.2) is 0 Å². The maximum absolute atomic E-state index is 6.17. The smallest absolute Gasteiger partial charge is 0.0438 e. The lowest BCUT2D eigenvalue weighted by Crippen LogP contribution is -2.15. The van der Waals surface area contributed by atoms with E-state index in [0.29, 0.717) is 12.5 Å². The van der Waals surface area contributed by atoms with Crippen molar-refractivity contribution in [1.82, 2.24) is 0 Å². The zero-order chi connectivity index (χ0) is 12.1. The lowest BCUT2D eigenvalue weighted by Gasteiger charge is -2.16. The molecule has 1 nitrogen and oxygen atoms in total. The van der Waals surface area contributed by atoms with Crippen LogP contribution in [-0.2, 0) is 6.42 Å². The first-order chi connectivity index (χ1) is 8.31. The van der Waals surface area contributed by atoms with Crippen LogP contribution in [-0.4, -0.2) is 6.54 Å². The molecule has 88 valence electrons. The van der Waals surface area contributed by atoms with Gasteiger partial charge in [0.15, 0.2) is 0 Å². The SMILES string of the molecule is NCC(Cc1ccccc1Cl)c1ccccc1. The lowest BCUT2D eigenvalue weighted by molar-refractivity contribution is 0.694. The van der Waals surface area contributed by atoms with Crippen LogP contribution in [0.15, 0.2) is 54.6 Å². The molecule has 0 saturated heterocycles. The van der Waals surface area contributed by atoms with Gasteiger partial charge >= 0.3 is 0 Å². The van der Waals surface area contributed by atoms with Crippen LogP contribution in [0.2, 0.25) is 5.02 Å². The molecule has 1 unspecified atom stereocenters. The summed E-state index contributed by atoms with van der Waals surface area (Å²) in [5.74, 6) is 0.330. The Morgan fingerprint density at radius 2 is 1.59 bits per heavy atom. The summed E-state index contributed by atoms with van der Waals surface area (Å²) in [7, 11) is 0. The summed E-state index contributed by atoms with van der Waals surface area (Å²) < 4.78 is 0. The van der Waals surface area contributed by atoms with E-state index in [0.717, 1.165) is 17.0 Å². The van der Waals surface area contributed by atoms with Gasteiger partial charge < -0.3 is 5.73 Å². The Morgan fingerprint density at radius 1 is 0.941 bits per heavy atom. The zero-order valence-electron chi connectivity index (χ0n) is 9.64. The summed E-state index contributed by atoms with van der Waals surface area (Å²) in [5, 5.41) is 0.821. The van der Waals surface area contributed by atoms with Crippen molar-refractivity contribution in [3.05, 3.63) is 70.7 Å². The normalized spacial score (nSPS) is 12.4. The van der Waals surface area contributed by atoms with Gasteiger partial charge in [0.2, 0.25) is 0 Å². The monoisotopic (exact) mass is 245 g/mol. The average Bonchev–Trinajstić information content (AvgIpc) is 2.39. The van der Waals surface area contributed by atoms with Gasteiger partial charge in [0, 0.05) is 10.9 Å². The number of halogens is 1. The average molecular weight is 246 g/mol. The topological polar surface area (TPSA) is 26.0 Å². The number of hydrogen-bond donors (Lipinski definition) is 1. The number of rotatable bonds is 4. The third-order valence-corrected chi connectivity index (χ3v) is 3.35. The van der Waals surface area contributed by atoms with E-state index >= 15 is 0 Å². The molecule has 1 atom stereocenters. The van der Waals surface area contributed by atoms with E-state index in [1.54, 1.807) is 0 Å². The molecule has 2 rings (SSSR count). The molecule has 0 spiro atoms. The minimum Gasteiger partial charge on any atom is -0.330 e. The highest BCUT2D eigenvalue weighted by molar-refractivity contribution is 6.31. The minimum absolute atomic E-state index is 0.330. The molecular formula is C15H16ClN. The predicted octanol–water partition coefficient (Wildman–Crippen LogP) is 3.63. The molecular weight excluding hydrogens is 230 g/mol. The molecule has 0 fully saturated rings. The van der Waals surface area contributed by atoms with E-state index in [1.165, 1.54) is 5.56 Å². The second-order valence-electron chi connectivity index (χ2n) is 4.14. The van der Waals surface area contributed by atoms with Crippen molar-refractivity contribution >= 4 is 11.6 Å². The fourth-order valence-electron chi connectivity index (χ4n) is 1.99. The van der Waals surface area contributed by atoms with Gasteiger partial charge in [-0.2, -0.15) is 0 Å². The largest absolute Gasteiger partial charge is 0.330 e. The fourth-order valence-corrected chi connectivity index (χ4v) is 2.20. The Labute approximate surface area is 107 Å². The lowest BCUT2D eigenvalue weighted by atomic mass is 9.92. The van der Waals surface area contributed by atoms with Crippen molar-refractivity contribution < 1.29 is 0 Å². The molecule has 0 heterocycles.